The molecule has 0 amide bonds. The molecular formula is C12H16FNO3. The van der Waals surface area contributed by atoms with E-state index in [0.29, 0.717) is 0 Å². The van der Waals surface area contributed by atoms with Crippen LogP contribution < -0.4 is 10.5 Å². The number of nitrogen functional groups attached to an aromatic ring is 1. The molecule has 0 aromatic heterocycles. The third-order valence-electron chi connectivity index (χ3n) is 1.97. The minimum Gasteiger partial charge on any atom is -0.491 e. The fraction of sp³-hybridized carbons (Fsp3) is 0.417. The van der Waals surface area contributed by atoms with E-state index in [4.69, 9.17) is 15.2 Å². The van der Waals surface area contributed by atoms with E-state index in [1.807, 2.05) is 0 Å². The van der Waals surface area contributed by atoms with Crippen molar-refractivity contribution in [1.29, 1.82) is 0 Å². The molecule has 0 saturated heterocycles. The summed E-state index contributed by atoms with van der Waals surface area (Å²) in [7, 11) is 0. The summed E-state index contributed by atoms with van der Waals surface area (Å²) in [6.07, 6.45) is -0.118. The number of carbonyl (C=O) groups excluding carboxylic acids is 1. The van der Waals surface area contributed by atoms with Crippen LogP contribution in [-0.2, 0) is 4.74 Å². The lowest BCUT2D eigenvalue weighted by atomic mass is 10.1. The molecule has 1 aromatic rings. The van der Waals surface area contributed by atoms with Crippen molar-refractivity contribution in [3.05, 3.63) is 23.5 Å². The van der Waals surface area contributed by atoms with Crippen LogP contribution in [0.25, 0.3) is 0 Å². The van der Waals surface area contributed by atoms with E-state index in [9.17, 15) is 9.18 Å². The molecule has 94 valence electrons. The second kappa shape index (κ2) is 5.52. The van der Waals surface area contributed by atoms with Gasteiger partial charge in [-0.2, -0.15) is 0 Å². The molecule has 0 spiro atoms. The maximum atomic E-state index is 13.5. The Morgan fingerprint density at radius 3 is 2.65 bits per heavy atom. The predicted octanol–water partition coefficient (Wildman–Crippen LogP) is 2.37. The smallest absolute Gasteiger partial charge is 0.340 e. The SMILES string of the molecule is CCOC(=O)c1cc(OC(C)C)cc(F)c1N. The van der Waals surface area contributed by atoms with Crippen LogP contribution >= 0.6 is 0 Å². The molecule has 0 aliphatic rings. The van der Waals surface area contributed by atoms with E-state index in [1.165, 1.54) is 6.07 Å². The third kappa shape index (κ3) is 3.34. The first-order chi connectivity index (χ1) is 7.95. The zero-order valence-electron chi connectivity index (χ0n) is 10.1. The molecule has 17 heavy (non-hydrogen) atoms. The van der Waals surface area contributed by atoms with Crippen molar-refractivity contribution < 1.29 is 18.7 Å². The van der Waals surface area contributed by atoms with E-state index >= 15 is 0 Å². The molecule has 0 aliphatic carbocycles. The molecule has 1 rings (SSSR count). The normalized spacial score (nSPS) is 10.4. The molecule has 0 bridgehead atoms. The third-order valence-corrected chi connectivity index (χ3v) is 1.97. The molecule has 0 saturated carbocycles. The van der Waals surface area contributed by atoms with Gasteiger partial charge in [-0.3, -0.25) is 0 Å². The number of nitrogens with two attached hydrogens (primary N) is 1. The molecule has 0 radical (unpaired) electrons. The first kappa shape index (κ1) is 13.3. The summed E-state index contributed by atoms with van der Waals surface area (Å²) in [5.74, 6) is -1.08. The summed E-state index contributed by atoms with van der Waals surface area (Å²) in [6, 6.07) is 2.54. The molecule has 5 heteroatoms. The number of benzene rings is 1. The largest absolute Gasteiger partial charge is 0.491 e. The van der Waals surface area contributed by atoms with Crippen molar-refractivity contribution in [3.8, 4) is 5.75 Å². The second-order valence-electron chi connectivity index (χ2n) is 3.75. The average Bonchev–Trinajstić information content (AvgIpc) is 2.22. The highest BCUT2D eigenvalue weighted by Crippen LogP contribution is 2.25. The number of hydrogen-bond donors (Lipinski definition) is 1. The minimum atomic E-state index is -0.689. The van der Waals surface area contributed by atoms with Crippen LogP contribution in [0.1, 0.15) is 31.1 Å². The quantitative estimate of drug-likeness (QED) is 0.649. The highest BCUT2D eigenvalue weighted by atomic mass is 19.1. The summed E-state index contributed by atoms with van der Waals surface area (Å²) < 4.78 is 23.6. The lowest BCUT2D eigenvalue weighted by Crippen LogP contribution is -2.12. The molecule has 0 unspecified atom stereocenters. The number of anilines is 1. The predicted molar refractivity (Wildman–Crippen MR) is 62.5 cm³/mol. The molecule has 0 atom stereocenters. The van der Waals surface area contributed by atoms with Gasteiger partial charge >= 0.3 is 5.97 Å². The van der Waals surface area contributed by atoms with E-state index in [2.05, 4.69) is 0 Å². The van der Waals surface area contributed by atoms with Crippen LogP contribution in [0.5, 0.6) is 5.75 Å². The van der Waals surface area contributed by atoms with Crippen LogP contribution in [0.2, 0.25) is 0 Å². The van der Waals surface area contributed by atoms with Crippen molar-refractivity contribution in [1.82, 2.24) is 0 Å². The van der Waals surface area contributed by atoms with Gasteiger partial charge in [0, 0.05) is 6.07 Å². The Kier molecular flexibility index (Phi) is 4.31. The number of esters is 1. The fourth-order valence-electron chi connectivity index (χ4n) is 1.31. The Balaban J connectivity index is 3.10. The molecule has 0 aliphatic heterocycles. The first-order valence-electron chi connectivity index (χ1n) is 5.38. The maximum Gasteiger partial charge on any atom is 0.340 e. The van der Waals surface area contributed by atoms with Crippen molar-refractivity contribution >= 4 is 11.7 Å². The molecule has 1 aromatic carbocycles. The number of carbonyl (C=O) groups is 1. The summed E-state index contributed by atoms with van der Waals surface area (Å²) in [5, 5.41) is 0. The lowest BCUT2D eigenvalue weighted by Gasteiger charge is -2.12. The molecule has 0 heterocycles. The topological polar surface area (TPSA) is 61.5 Å². The standard InChI is InChI=1S/C12H16FNO3/c1-4-16-12(15)9-5-8(17-7(2)3)6-10(13)11(9)14/h5-7H,4,14H2,1-3H3. The Hall–Kier alpha value is -1.78. The lowest BCUT2D eigenvalue weighted by molar-refractivity contribution is 0.0526. The minimum absolute atomic E-state index is 0.0116. The number of hydrogen-bond acceptors (Lipinski definition) is 4. The van der Waals surface area contributed by atoms with Gasteiger partial charge in [-0.05, 0) is 26.8 Å². The van der Waals surface area contributed by atoms with E-state index in [0.717, 1.165) is 6.07 Å². The Morgan fingerprint density at radius 2 is 2.12 bits per heavy atom. The van der Waals surface area contributed by atoms with Gasteiger partial charge in [-0.1, -0.05) is 0 Å². The van der Waals surface area contributed by atoms with Gasteiger partial charge in [0.25, 0.3) is 0 Å². The van der Waals surface area contributed by atoms with Gasteiger partial charge in [0.05, 0.1) is 24.0 Å². The van der Waals surface area contributed by atoms with Gasteiger partial charge in [0.1, 0.15) is 5.75 Å². The molecular weight excluding hydrogens is 225 g/mol. The van der Waals surface area contributed by atoms with Crippen LogP contribution in [0.3, 0.4) is 0 Å². The van der Waals surface area contributed by atoms with Crippen LogP contribution in [0, 0.1) is 5.82 Å². The van der Waals surface area contributed by atoms with Crippen LogP contribution in [0.4, 0.5) is 10.1 Å². The van der Waals surface area contributed by atoms with E-state index in [-0.39, 0.29) is 29.7 Å². The summed E-state index contributed by atoms with van der Waals surface area (Å²) in [5.41, 5.74) is 5.25. The first-order valence-corrected chi connectivity index (χ1v) is 5.38. The number of rotatable bonds is 4. The highest BCUT2D eigenvalue weighted by Gasteiger charge is 2.16. The summed E-state index contributed by atoms with van der Waals surface area (Å²) in [6.45, 7) is 5.48. The Labute approximate surface area is 99.5 Å². The van der Waals surface area contributed by atoms with Crippen LogP contribution in [-0.4, -0.2) is 18.7 Å². The number of halogens is 1. The number of ether oxygens (including phenoxy) is 2. The second-order valence-corrected chi connectivity index (χ2v) is 3.75. The van der Waals surface area contributed by atoms with E-state index < -0.39 is 11.8 Å². The summed E-state index contributed by atoms with van der Waals surface area (Å²) >= 11 is 0. The Bertz CT molecular complexity index is 418. The van der Waals surface area contributed by atoms with Crippen molar-refractivity contribution in [2.75, 3.05) is 12.3 Å². The van der Waals surface area contributed by atoms with Gasteiger partial charge in [-0.15, -0.1) is 0 Å². The fourth-order valence-corrected chi connectivity index (χ4v) is 1.31. The van der Waals surface area contributed by atoms with Crippen molar-refractivity contribution in [2.24, 2.45) is 0 Å². The maximum absolute atomic E-state index is 13.5. The summed E-state index contributed by atoms with van der Waals surface area (Å²) in [4.78, 5) is 11.5. The zero-order chi connectivity index (χ0) is 13.0. The van der Waals surface area contributed by atoms with Crippen molar-refractivity contribution in [2.45, 2.75) is 26.9 Å². The van der Waals surface area contributed by atoms with Gasteiger partial charge in [0.15, 0.2) is 5.82 Å². The molecule has 4 nitrogen and oxygen atoms in total. The van der Waals surface area contributed by atoms with Crippen LogP contribution in [0.15, 0.2) is 12.1 Å². The van der Waals surface area contributed by atoms with Gasteiger partial charge in [0.2, 0.25) is 0 Å². The average molecular weight is 241 g/mol. The Morgan fingerprint density at radius 1 is 1.47 bits per heavy atom. The zero-order valence-corrected chi connectivity index (χ0v) is 10.1. The van der Waals surface area contributed by atoms with E-state index in [1.54, 1.807) is 20.8 Å². The highest BCUT2D eigenvalue weighted by molar-refractivity contribution is 5.95. The molecule has 2 N–H and O–H groups in total. The van der Waals surface area contributed by atoms with Crippen molar-refractivity contribution in [3.63, 3.8) is 0 Å². The monoisotopic (exact) mass is 241 g/mol. The van der Waals surface area contributed by atoms with Gasteiger partial charge < -0.3 is 15.2 Å². The molecule has 0 fully saturated rings. The van der Waals surface area contributed by atoms with Gasteiger partial charge in [-0.25, -0.2) is 9.18 Å².